The second-order valence-electron chi connectivity index (χ2n) is 5.54. The molecule has 1 unspecified atom stereocenters. The van der Waals surface area contributed by atoms with Crippen LogP contribution in [-0.4, -0.2) is 11.2 Å². The zero-order valence-corrected chi connectivity index (χ0v) is 12.1. The molecule has 3 rings (SSSR count). The normalized spacial score (nSPS) is 17.3. The van der Waals surface area contributed by atoms with E-state index in [0.29, 0.717) is 23.7 Å². The summed E-state index contributed by atoms with van der Waals surface area (Å²) in [7, 11) is 0. The second kappa shape index (κ2) is 5.49. The average molecular weight is 286 g/mol. The average Bonchev–Trinajstić information content (AvgIpc) is 3.31. The van der Waals surface area contributed by atoms with Crippen LogP contribution >= 0.6 is 0 Å². The number of aliphatic hydroxyl groups is 1. The molecule has 0 bridgehead atoms. The van der Waals surface area contributed by atoms with E-state index in [1.807, 2.05) is 31.2 Å². The summed E-state index contributed by atoms with van der Waals surface area (Å²) in [6, 6.07) is 13.7. The van der Waals surface area contributed by atoms with Gasteiger partial charge >= 0.3 is 0 Å². The van der Waals surface area contributed by atoms with E-state index in [1.165, 1.54) is 6.07 Å². The number of rotatable bonds is 5. The molecule has 0 radical (unpaired) electrons. The maximum Gasteiger partial charge on any atom is 0.129 e. The molecule has 0 spiro atoms. The molecular formula is C18H19FO2. The quantitative estimate of drug-likeness (QED) is 0.899. The molecule has 2 aromatic carbocycles. The monoisotopic (exact) mass is 286 g/mol. The summed E-state index contributed by atoms with van der Waals surface area (Å²) < 4.78 is 19.9. The largest absolute Gasteiger partial charge is 0.490 e. The minimum Gasteiger partial charge on any atom is -0.490 e. The summed E-state index contributed by atoms with van der Waals surface area (Å²) in [5.41, 5.74) is -0.377. The van der Waals surface area contributed by atoms with E-state index < -0.39 is 11.4 Å². The molecular weight excluding hydrogens is 267 g/mol. The van der Waals surface area contributed by atoms with Gasteiger partial charge in [-0.3, -0.25) is 0 Å². The Labute approximate surface area is 124 Å². The molecule has 110 valence electrons. The number of ether oxygens (including phenoxy) is 1. The van der Waals surface area contributed by atoms with E-state index in [1.54, 1.807) is 18.2 Å². The molecule has 1 N–H and O–H groups in total. The number of benzene rings is 2. The van der Waals surface area contributed by atoms with E-state index in [9.17, 15) is 9.50 Å². The Balaban J connectivity index is 2.00. The summed E-state index contributed by atoms with van der Waals surface area (Å²) in [5.74, 6) is 0.341. The van der Waals surface area contributed by atoms with Crippen molar-refractivity contribution in [3.63, 3.8) is 0 Å². The van der Waals surface area contributed by atoms with E-state index in [0.717, 1.165) is 18.6 Å². The topological polar surface area (TPSA) is 29.5 Å². The molecule has 2 nitrogen and oxygen atoms in total. The maximum atomic E-state index is 14.1. The van der Waals surface area contributed by atoms with Crippen LogP contribution in [0.15, 0.2) is 48.5 Å². The van der Waals surface area contributed by atoms with Gasteiger partial charge in [0.1, 0.15) is 17.2 Å². The van der Waals surface area contributed by atoms with E-state index in [2.05, 4.69) is 0 Å². The van der Waals surface area contributed by atoms with E-state index in [4.69, 9.17) is 4.74 Å². The van der Waals surface area contributed by atoms with Crippen molar-refractivity contribution in [1.82, 2.24) is 0 Å². The molecule has 3 heteroatoms. The lowest BCUT2D eigenvalue weighted by Gasteiger charge is -2.28. The summed E-state index contributed by atoms with van der Waals surface area (Å²) >= 11 is 0. The summed E-state index contributed by atoms with van der Waals surface area (Å²) in [5, 5.41) is 11.0. The van der Waals surface area contributed by atoms with Gasteiger partial charge < -0.3 is 9.84 Å². The molecule has 0 heterocycles. The number of hydrogen-bond donors (Lipinski definition) is 1. The molecule has 1 fully saturated rings. The van der Waals surface area contributed by atoms with Crippen LogP contribution in [0.3, 0.4) is 0 Å². The SMILES string of the molecule is CCC(O)(c1cccc(OC2CC2)c1)c1ccccc1F. The van der Waals surface area contributed by atoms with Gasteiger partial charge in [-0.05, 0) is 43.0 Å². The van der Waals surface area contributed by atoms with Crippen molar-refractivity contribution >= 4 is 0 Å². The van der Waals surface area contributed by atoms with Crippen molar-refractivity contribution in [2.45, 2.75) is 37.9 Å². The lowest BCUT2D eigenvalue weighted by atomic mass is 9.84. The fourth-order valence-corrected chi connectivity index (χ4v) is 2.55. The van der Waals surface area contributed by atoms with Crippen molar-refractivity contribution in [3.05, 3.63) is 65.5 Å². The van der Waals surface area contributed by atoms with E-state index >= 15 is 0 Å². The van der Waals surface area contributed by atoms with Crippen molar-refractivity contribution in [3.8, 4) is 5.75 Å². The fourth-order valence-electron chi connectivity index (χ4n) is 2.55. The van der Waals surface area contributed by atoms with Crippen molar-refractivity contribution in [1.29, 1.82) is 0 Å². The van der Waals surface area contributed by atoms with Crippen molar-refractivity contribution in [2.24, 2.45) is 0 Å². The summed E-state index contributed by atoms with van der Waals surface area (Å²) in [6.45, 7) is 1.85. The molecule has 2 aromatic rings. The molecule has 21 heavy (non-hydrogen) atoms. The predicted octanol–water partition coefficient (Wildman–Crippen LogP) is 4.01. The zero-order chi connectivity index (χ0) is 14.9. The Morgan fingerprint density at radius 2 is 1.95 bits per heavy atom. The number of halogens is 1. The first-order valence-corrected chi connectivity index (χ1v) is 7.38. The molecule has 0 aromatic heterocycles. The third kappa shape index (κ3) is 2.79. The third-order valence-corrected chi connectivity index (χ3v) is 3.97. The van der Waals surface area contributed by atoms with Gasteiger partial charge in [0.15, 0.2) is 0 Å². The predicted molar refractivity (Wildman–Crippen MR) is 79.8 cm³/mol. The molecule has 1 aliphatic carbocycles. The highest BCUT2D eigenvalue weighted by molar-refractivity contribution is 5.40. The van der Waals surface area contributed by atoms with Crippen LogP contribution in [0, 0.1) is 5.82 Å². The van der Waals surface area contributed by atoms with Gasteiger partial charge in [0.2, 0.25) is 0 Å². The lowest BCUT2D eigenvalue weighted by Crippen LogP contribution is -2.27. The molecule has 1 aliphatic rings. The zero-order valence-electron chi connectivity index (χ0n) is 12.1. The Morgan fingerprint density at radius 1 is 1.19 bits per heavy atom. The first kappa shape index (κ1) is 14.1. The molecule has 0 saturated heterocycles. The van der Waals surface area contributed by atoms with Gasteiger partial charge in [0.25, 0.3) is 0 Å². The van der Waals surface area contributed by atoms with Crippen LogP contribution < -0.4 is 4.74 Å². The van der Waals surface area contributed by atoms with Gasteiger partial charge in [0.05, 0.1) is 6.10 Å². The van der Waals surface area contributed by atoms with Crippen LogP contribution in [0.25, 0.3) is 0 Å². The standard InChI is InChI=1S/C18H19FO2/c1-2-18(20,16-8-3-4-9-17(16)19)13-6-5-7-15(12-13)21-14-10-11-14/h3-9,12,14,20H,2,10-11H2,1H3. The minimum absolute atomic E-state index is 0.295. The third-order valence-electron chi connectivity index (χ3n) is 3.97. The van der Waals surface area contributed by atoms with Crippen LogP contribution in [0.2, 0.25) is 0 Å². The van der Waals surface area contributed by atoms with Crippen LogP contribution in [0.5, 0.6) is 5.75 Å². The summed E-state index contributed by atoms with van der Waals surface area (Å²) in [4.78, 5) is 0. The van der Waals surface area contributed by atoms with Gasteiger partial charge in [-0.2, -0.15) is 0 Å². The Kier molecular flexibility index (Phi) is 3.68. The van der Waals surface area contributed by atoms with Crippen LogP contribution in [0.1, 0.15) is 37.3 Å². The fraction of sp³-hybridized carbons (Fsp3) is 0.333. The first-order chi connectivity index (χ1) is 10.1. The molecule has 0 amide bonds. The Hall–Kier alpha value is -1.87. The van der Waals surface area contributed by atoms with Crippen LogP contribution in [0.4, 0.5) is 4.39 Å². The van der Waals surface area contributed by atoms with E-state index in [-0.39, 0.29) is 0 Å². The highest BCUT2D eigenvalue weighted by Crippen LogP contribution is 2.36. The molecule has 1 saturated carbocycles. The summed E-state index contributed by atoms with van der Waals surface area (Å²) in [6.07, 6.45) is 2.84. The van der Waals surface area contributed by atoms with Crippen LogP contribution in [-0.2, 0) is 5.60 Å². The molecule has 0 aliphatic heterocycles. The lowest BCUT2D eigenvalue weighted by molar-refractivity contribution is 0.0722. The van der Waals surface area contributed by atoms with Gasteiger partial charge in [-0.25, -0.2) is 4.39 Å². The van der Waals surface area contributed by atoms with Crippen molar-refractivity contribution in [2.75, 3.05) is 0 Å². The first-order valence-electron chi connectivity index (χ1n) is 7.38. The van der Waals surface area contributed by atoms with Gasteiger partial charge in [-0.15, -0.1) is 0 Å². The highest BCUT2D eigenvalue weighted by Gasteiger charge is 2.33. The smallest absolute Gasteiger partial charge is 0.129 e. The highest BCUT2D eigenvalue weighted by atomic mass is 19.1. The molecule has 1 atom stereocenters. The maximum absolute atomic E-state index is 14.1. The Bertz CT molecular complexity index is 637. The van der Waals surface area contributed by atoms with Gasteiger partial charge in [-0.1, -0.05) is 37.3 Å². The second-order valence-corrected chi connectivity index (χ2v) is 5.54. The van der Waals surface area contributed by atoms with Crippen molar-refractivity contribution < 1.29 is 14.2 Å². The number of hydrogen-bond acceptors (Lipinski definition) is 2. The minimum atomic E-state index is -1.34. The Morgan fingerprint density at radius 3 is 2.62 bits per heavy atom. The van der Waals surface area contributed by atoms with Gasteiger partial charge in [0, 0.05) is 5.56 Å².